The van der Waals surface area contributed by atoms with Crippen LogP contribution in [0.1, 0.15) is 24.5 Å². The Morgan fingerprint density at radius 2 is 1.95 bits per heavy atom. The number of pyridine rings is 1. The van der Waals surface area contributed by atoms with Gasteiger partial charge in [0, 0.05) is 24.5 Å². The van der Waals surface area contributed by atoms with Crippen LogP contribution in [0, 0.1) is 0 Å². The van der Waals surface area contributed by atoms with Crippen molar-refractivity contribution in [1.29, 1.82) is 0 Å². The van der Waals surface area contributed by atoms with Gasteiger partial charge in [0.2, 0.25) is 0 Å². The minimum Gasteiger partial charge on any atom is -0.369 e. The Kier molecular flexibility index (Phi) is 5.10. The molecule has 0 bridgehead atoms. The summed E-state index contributed by atoms with van der Waals surface area (Å²) in [6, 6.07) is 4.03. The van der Waals surface area contributed by atoms with E-state index in [-0.39, 0.29) is 0 Å². The molecular weight excluding hydrogens is 260 g/mol. The monoisotopic (exact) mass is 276 g/mol. The third-order valence-corrected chi connectivity index (χ3v) is 3.17. The van der Waals surface area contributed by atoms with E-state index < -0.39 is 0 Å². The predicted molar refractivity (Wildman–Crippen MR) is 77.5 cm³/mol. The molecule has 2 aromatic rings. The predicted octanol–water partition coefficient (Wildman–Crippen LogP) is 3.13. The van der Waals surface area contributed by atoms with Crippen molar-refractivity contribution in [2.75, 3.05) is 11.9 Å². The molecule has 0 radical (unpaired) electrons. The van der Waals surface area contributed by atoms with E-state index in [4.69, 9.17) is 11.6 Å². The summed E-state index contributed by atoms with van der Waals surface area (Å²) in [4.78, 5) is 12.3. The first-order chi connectivity index (χ1) is 9.31. The molecule has 100 valence electrons. The molecule has 4 nitrogen and oxygen atoms in total. The van der Waals surface area contributed by atoms with Crippen LogP contribution in [-0.2, 0) is 12.8 Å². The van der Waals surface area contributed by atoms with Gasteiger partial charge in [-0.15, -0.1) is 0 Å². The SMILES string of the molecule is CCCc1c(Cl)ncnc1NCCc1ccncc1. The van der Waals surface area contributed by atoms with Crippen molar-refractivity contribution < 1.29 is 0 Å². The third-order valence-electron chi connectivity index (χ3n) is 2.85. The normalized spacial score (nSPS) is 10.4. The van der Waals surface area contributed by atoms with Crippen molar-refractivity contribution in [3.63, 3.8) is 0 Å². The highest BCUT2D eigenvalue weighted by molar-refractivity contribution is 6.30. The Hall–Kier alpha value is -1.68. The van der Waals surface area contributed by atoms with Crippen LogP contribution in [0.2, 0.25) is 5.15 Å². The maximum atomic E-state index is 6.10. The number of aromatic nitrogens is 3. The number of hydrogen-bond donors (Lipinski definition) is 1. The smallest absolute Gasteiger partial charge is 0.137 e. The maximum Gasteiger partial charge on any atom is 0.137 e. The Morgan fingerprint density at radius 1 is 1.16 bits per heavy atom. The highest BCUT2D eigenvalue weighted by Gasteiger charge is 2.08. The molecule has 0 saturated heterocycles. The van der Waals surface area contributed by atoms with E-state index in [2.05, 4.69) is 27.2 Å². The average molecular weight is 277 g/mol. The van der Waals surface area contributed by atoms with Gasteiger partial charge >= 0.3 is 0 Å². The molecule has 0 aromatic carbocycles. The summed E-state index contributed by atoms with van der Waals surface area (Å²) in [6.45, 7) is 2.93. The van der Waals surface area contributed by atoms with Gasteiger partial charge in [-0.25, -0.2) is 9.97 Å². The molecule has 2 heterocycles. The lowest BCUT2D eigenvalue weighted by Gasteiger charge is -2.11. The Morgan fingerprint density at radius 3 is 2.68 bits per heavy atom. The fourth-order valence-corrected chi connectivity index (χ4v) is 2.12. The van der Waals surface area contributed by atoms with Gasteiger partial charge < -0.3 is 5.32 Å². The van der Waals surface area contributed by atoms with E-state index in [1.165, 1.54) is 11.9 Å². The summed E-state index contributed by atoms with van der Waals surface area (Å²) >= 11 is 6.10. The maximum absolute atomic E-state index is 6.10. The fourth-order valence-electron chi connectivity index (χ4n) is 1.89. The van der Waals surface area contributed by atoms with Crippen LogP contribution < -0.4 is 5.32 Å². The molecule has 0 aliphatic carbocycles. The first kappa shape index (κ1) is 13.7. The van der Waals surface area contributed by atoms with Gasteiger partial charge in [0.1, 0.15) is 17.3 Å². The third kappa shape index (κ3) is 3.89. The number of halogens is 1. The van der Waals surface area contributed by atoms with Crippen molar-refractivity contribution in [3.8, 4) is 0 Å². The van der Waals surface area contributed by atoms with Crippen LogP contribution in [0.15, 0.2) is 30.9 Å². The van der Waals surface area contributed by atoms with Crippen LogP contribution in [0.3, 0.4) is 0 Å². The lowest BCUT2D eigenvalue weighted by atomic mass is 10.1. The average Bonchev–Trinajstić information content (AvgIpc) is 2.44. The molecule has 19 heavy (non-hydrogen) atoms. The number of nitrogens with zero attached hydrogens (tertiary/aromatic N) is 3. The zero-order chi connectivity index (χ0) is 13.5. The van der Waals surface area contributed by atoms with Gasteiger partial charge in [-0.05, 0) is 30.5 Å². The minimum atomic E-state index is 0.545. The molecule has 2 rings (SSSR count). The molecule has 0 atom stereocenters. The van der Waals surface area contributed by atoms with Gasteiger partial charge in [-0.3, -0.25) is 4.98 Å². The van der Waals surface area contributed by atoms with E-state index in [0.717, 1.165) is 37.2 Å². The molecular formula is C14H17ClN4. The second kappa shape index (κ2) is 7.04. The van der Waals surface area contributed by atoms with Gasteiger partial charge in [0.15, 0.2) is 0 Å². The summed E-state index contributed by atoms with van der Waals surface area (Å²) in [5, 5.41) is 3.88. The van der Waals surface area contributed by atoms with Gasteiger partial charge in [-0.2, -0.15) is 0 Å². The van der Waals surface area contributed by atoms with Crippen molar-refractivity contribution in [2.24, 2.45) is 0 Å². The molecule has 2 aromatic heterocycles. The Balaban J connectivity index is 1.97. The molecule has 5 heteroatoms. The topological polar surface area (TPSA) is 50.7 Å². The first-order valence-corrected chi connectivity index (χ1v) is 6.81. The molecule has 0 spiro atoms. The van der Waals surface area contributed by atoms with E-state index in [9.17, 15) is 0 Å². The summed E-state index contributed by atoms with van der Waals surface area (Å²) in [6.07, 6.45) is 7.94. The number of rotatable bonds is 6. The highest BCUT2D eigenvalue weighted by Crippen LogP contribution is 2.21. The molecule has 0 aliphatic rings. The molecule has 0 aliphatic heterocycles. The van der Waals surface area contributed by atoms with Crippen molar-refractivity contribution in [3.05, 3.63) is 47.1 Å². The van der Waals surface area contributed by atoms with Gasteiger partial charge in [0.25, 0.3) is 0 Å². The number of hydrogen-bond acceptors (Lipinski definition) is 4. The lowest BCUT2D eigenvalue weighted by molar-refractivity contribution is 0.893. The second-order valence-electron chi connectivity index (χ2n) is 4.27. The first-order valence-electron chi connectivity index (χ1n) is 6.43. The van der Waals surface area contributed by atoms with Crippen LogP contribution >= 0.6 is 11.6 Å². The summed E-state index contributed by atoms with van der Waals surface area (Å²) in [5.41, 5.74) is 2.25. The van der Waals surface area contributed by atoms with Crippen molar-refractivity contribution >= 4 is 17.4 Å². The number of anilines is 1. The summed E-state index contributed by atoms with van der Waals surface area (Å²) in [7, 11) is 0. The largest absolute Gasteiger partial charge is 0.369 e. The zero-order valence-electron chi connectivity index (χ0n) is 10.9. The molecule has 0 fully saturated rings. The van der Waals surface area contributed by atoms with Gasteiger partial charge in [0.05, 0.1) is 0 Å². The van der Waals surface area contributed by atoms with E-state index in [1.54, 1.807) is 12.4 Å². The zero-order valence-corrected chi connectivity index (χ0v) is 11.7. The lowest BCUT2D eigenvalue weighted by Crippen LogP contribution is -2.09. The standard InChI is InChI=1S/C14H17ClN4/c1-2-3-12-13(15)18-10-19-14(12)17-9-6-11-4-7-16-8-5-11/h4-5,7-8,10H,2-3,6,9H2,1H3,(H,17,18,19). The van der Waals surface area contributed by atoms with E-state index in [1.807, 2.05) is 12.1 Å². The summed E-state index contributed by atoms with van der Waals surface area (Å²) < 4.78 is 0. The Labute approximate surface area is 118 Å². The quantitative estimate of drug-likeness (QED) is 0.824. The molecule has 0 unspecified atom stereocenters. The van der Waals surface area contributed by atoms with Crippen molar-refractivity contribution in [1.82, 2.24) is 15.0 Å². The van der Waals surface area contributed by atoms with Crippen LogP contribution in [0.25, 0.3) is 0 Å². The van der Waals surface area contributed by atoms with Gasteiger partial charge in [-0.1, -0.05) is 24.9 Å². The summed E-state index contributed by atoms with van der Waals surface area (Å²) in [5.74, 6) is 0.843. The van der Waals surface area contributed by atoms with Crippen molar-refractivity contribution in [2.45, 2.75) is 26.2 Å². The van der Waals surface area contributed by atoms with E-state index >= 15 is 0 Å². The fraction of sp³-hybridized carbons (Fsp3) is 0.357. The van der Waals surface area contributed by atoms with Crippen LogP contribution in [0.5, 0.6) is 0 Å². The van der Waals surface area contributed by atoms with Crippen LogP contribution in [-0.4, -0.2) is 21.5 Å². The minimum absolute atomic E-state index is 0.545. The number of nitrogens with one attached hydrogen (secondary N) is 1. The molecule has 1 N–H and O–H groups in total. The molecule has 0 amide bonds. The second-order valence-corrected chi connectivity index (χ2v) is 4.63. The Bertz CT molecular complexity index is 516. The van der Waals surface area contributed by atoms with E-state index in [0.29, 0.717) is 5.15 Å². The van der Waals surface area contributed by atoms with Crippen LogP contribution in [0.4, 0.5) is 5.82 Å². The highest BCUT2D eigenvalue weighted by atomic mass is 35.5. The molecule has 0 saturated carbocycles.